The van der Waals surface area contributed by atoms with Gasteiger partial charge in [0.2, 0.25) is 10.0 Å². The Morgan fingerprint density at radius 3 is 2.76 bits per heavy atom. The fourth-order valence-electron chi connectivity index (χ4n) is 2.41. The number of rotatable bonds is 5. The second-order valence-corrected chi connectivity index (χ2v) is 7.08. The molecule has 2 rings (SSSR count). The summed E-state index contributed by atoms with van der Waals surface area (Å²) >= 11 is 5.69. The van der Waals surface area contributed by atoms with E-state index in [-0.39, 0.29) is 28.4 Å². The summed E-state index contributed by atoms with van der Waals surface area (Å²) in [7, 11) is -3.87. The summed E-state index contributed by atoms with van der Waals surface area (Å²) in [6, 6.07) is 3.94. The molecule has 21 heavy (non-hydrogen) atoms. The maximum atomic E-state index is 14.0. The quantitative estimate of drug-likeness (QED) is 0.882. The summed E-state index contributed by atoms with van der Waals surface area (Å²) in [5.74, 6) is -0.874. The fraction of sp³-hybridized carbons (Fsp3) is 0.538. The van der Waals surface area contributed by atoms with E-state index in [2.05, 4.69) is 5.32 Å². The lowest BCUT2D eigenvalue weighted by atomic mass is 10.2. The van der Waals surface area contributed by atoms with E-state index >= 15 is 0 Å². The number of benzene rings is 1. The first-order valence-corrected chi connectivity index (χ1v) is 8.47. The smallest absolute Gasteiger partial charge is 0.246 e. The number of nitrogens with zero attached hydrogens (tertiary/aromatic N) is 1. The van der Waals surface area contributed by atoms with Gasteiger partial charge in [-0.2, -0.15) is 4.31 Å². The molecule has 1 aromatic rings. The zero-order valence-electron chi connectivity index (χ0n) is 11.7. The van der Waals surface area contributed by atoms with E-state index < -0.39 is 15.8 Å². The van der Waals surface area contributed by atoms with Gasteiger partial charge < -0.3 is 5.32 Å². The predicted octanol–water partition coefficient (Wildman–Crippen LogP) is 2.66. The van der Waals surface area contributed by atoms with Crippen LogP contribution in [0.4, 0.5) is 4.39 Å². The van der Waals surface area contributed by atoms with Gasteiger partial charge in [-0.1, -0.05) is 24.6 Å². The molecule has 1 N–H and O–H groups in total. The Morgan fingerprint density at radius 2 is 2.19 bits per heavy atom. The summed E-state index contributed by atoms with van der Waals surface area (Å²) in [4.78, 5) is -0.342. The Morgan fingerprint density at radius 1 is 1.48 bits per heavy atom. The molecule has 1 saturated heterocycles. The summed E-state index contributed by atoms with van der Waals surface area (Å²) in [6.07, 6.45) is 1.42. The van der Waals surface area contributed by atoms with Gasteiger partial charge in [-0.25, -0.2) is 12.8 Å². The van der Waals surface area contributed by atoms with E-state index in [0.29, 0.717) is 19.5 Å². The molecule has 0 bridgehead atoms. The molecule has 4 nitrogen and oxygen atoms in total. The summed E-state index contributed by atoms with van der Waals surface area (Å²) in [6.45, 7) is 3.65. The molecule has 1 fully saturated rings. The molecule has 1 heterocycles. The van der Waals surface area contributed by atoms with E-state index in [1.807, 2.05) is 6.92 Å². The van der Waals surface area contributed by atoms with Crippen LogP contribution in [0.5, 0.6) is 0 Å². The molecule has 120 valence electrons. The van der Waals surface area contributed by atoms with Gasteiger partial charge in [-0.3, -0.25) is 0 Å². The molecular formula is C13H19Cl2FN2O2S. The van der Waals surface area contributed by atoms with Gasteiger partial charge in [0.15, 0.2) is 5.82 Å². The van der Waals surface area contributed by atoms with Crippen LogP contribution in [0.15, 0.2) is 23.1 Å². The van der Waals surface area contributed by atoms with Gasteiger partial charge in [0.1, 0.15) is 4.90 Å². The fourth-order valence-corrected chi connectivity index (χ4v) is 4.48. The summed E-state index contributed by atoms with van der Waals surface area (Å²) in [5.41, 5.74) is 0. The Bertz CT molecular complexity index is 578. The van der Waals surface area contributed by atoms with E-state index in [1.54, 1.807) is 0 Å². The first-order valence-electron chi connectivity index (χ1n) is 6.65. The highest BCUT2D eigenvalue weighted by Gasteiger charge is 2.34. The molecular weight excluding hydrogens is 338 g/mol. The average molecular weight is 357 g/mol. The van der Waals surface area contributed by atoms with Crippen LogP contribution in [-0.2, 0) is 10.0 Å². The first kappa shape index (κ1) is 18.6. The van der Waals surface area contributed by atoms with Crippen LogP contribution in [0.3, 0.4) is 0 Å². The highest BCUT2D eigenvalue weighted by molar-refractivity contribution is 7.89. The van der Waals surface area contributed by atoms with Gasteiger partial charge in [0, 0.05) is 19.1 Å². The third kappa shape index (κ3) is 3.87. The van der Waals surface area contributed by atoms with Crippen LogP contribution < -0.4 is 5.32 Å². The second kappa shape index (κ2) is 7.74. The maximum Gasteiger partial charge on any atom is 0.246 e. The van der Waals surface area contributed by atoms with E-state index in [4.69, 9.17) is 11.6 Å². The minimum absolute atomic E-state index is 0. The SMILES string of the molecule is CCCN(C1CCNC1)S(=O)(=O)c1cccc(Cl)c1F.Cl. The molecule has 0 amide bonds. The number of hydrogen-bond donors (Lipinski definition) is 1. The highest BCUT2D eigenvalue weighted by atomic mass is 35.5. The third-order valence-electron chi connectivity index (χ3n) is 3.39. The first-order chi connectivity index (χ1) is 9.48. The molecule has 1 atom stereocenters. The molecule has 8 heteroatoms. The number of nitrogens with one attached hydrogen (secondary N) is 1. The Labute approximate surface area is 136 Å². The van der Waals surface area contributed by atoms with Crippen molar-refractivity contribution in [1.82, 2.24) is 9.62 Å². The summed E-state index contributed by atoms with van der Waals surface area (Å²) in [5, 5.41) is 2.96. The van der Waals surface area contributed by atoms with Crippen molar-refractivity contribution in [3.05, 3.63) is 29.0 Å². The van der Waals surface area contributed by atoms with Crippen molar-refractivity contribution in [3.8, 4) is 0 Å². The third-order valence-corrected chi connectivity index (χ3v) is 5.65. The van der Waals surface area contributed by atoms with Crippen molar-refractivity contribution in [3.63, 3.8) is 0 Å². The van der Waals surface area contributed by atoms with Crippen molar-refractivity contribution >= 4 is 34.0 Å². The Kier molecular flexibility index (Phi) is 6.87. The van der Waals surface area contributed by atoms with Gasteiger partial charge in [-0.15, -0.1) is 12.4 Å². The largest absolute Gasteiger partial charge is 0.315 e. The normalized spacial score (nSPS) is 18.8. The van der Waals surface area contributed by atoms with Crippen LogP contribution >= 0.6 is 24.0 Å². The molecule has 1 unspecified atom stereocenters. The number of halogens is 3. The van der Waals surface area contributed by atoms with Crippen LogP contribution in [0.1, 0.15) is 19.8 Å². The molecule has 1 aliphatic rings. The standard InChI is InChI=1S/C13H18ClFN2O2S.ClH/c1-2-8-17(10-6-7-16-9-10)20(18,19)12-5-3-4-11(14)13(12)15;/h3-5,10,16H,2,6-9H2,1H3;1H. The van der Waals surface area contributed by atoms with E-state index in [0.717, 1.165) is 13.0 Å². The van der Waals surface area contributed by atoms with Crippen molar-refractivity contribution in [2.75, 3.05) is 19.6 Å². The van der Waals surface area contributed by atoms with Crippen LogP contribution in [0, 0.1) is 5.82 Å². The van der Waals surface area contributed by atoms with Crippen LogP contribution in [0.2, 0.25) is 5.02 Å². The zero-order valence-corrected chi connectivity index (χ0v) is 14.1. The molecule has 0 aromatic heterocycles. The average Bonchev–Trinajstić information content (AvgIpc) is 2.92. The van der Waals surface area contributed by atoms with Crippen molar-refractivity contribution in [1.29, 1.82) is 0 Å². The Hall–Kier alpha value is -0.400. The monoisotopic (exact) mass is 356 g/mol. The minimum Gasteiger partial charge on any atom is -0.315 e. The molecule has 0 saturated carbocycles. The molecule has 1 aromatic carbocycles. The molecule has 0 spiro atoms. The highest BCUT2D eigenvalue weighted by Crippen LogP contribution is 2.27. The van der Waals surface area contributed by atoms with E-state index in [1.165, 1.54) is 22.5 Å². The Balaban J connectivity index is 0.00000220. The van der Waals surface area contributed by atoms with Gasteiger partial charge >= 0.3 is 0 Å². The second-order valence-electron chi connectivity index (χ2n) is 4.81. The predicted molar refractivity (Wildman–Crippen MR) is 84.1 cm³/mol. The van der Waals surface area contributed by atoms with Crippen molar-refractivity contribution < 1.29 is 12.8 Å². The van der Waals surface area contributed by atoms with Crippen molar-refractivity contribution in [2.24, 2.45) is 0 Å². The lowest BCUT2D eigenvalue weighted by Crippen LogP contribution is -2.42. The maximum absolute atomic E-state index is 14.0. The lowest BCUT2D eigenvalue weighted by molar-refractivity contribution is 0.333. The van der Waals surface area contributed by atoms with Crippen LogP contribution in [-0.4, -0.2) is 38.4 Å². The zero-order chi connectivity index (χ0) is 14.8. The molecule has 1 aliphatic heterocycles. The van der Waals surface area contributed by atoms with Crippen molar-refractivity contribution in [2.45, 2.75) is 30.7 Å². The lowest BCUT2D eigenvalue weighted by Gasteiger charge is -2.27. The number of sulfonamides is 1. The molecule has 0 radical (unpaired) electrons. The van der Waals surface area contributed by atoms with Gasteiger partial charge in [-0.05, 0) is 31.5 Å². The number of hydrogen-bond acceptors (Lipinski definition) is 3. The van der Waals surface area contributed by atoms with Crippen LogP contribution in [0.25, 0.3) is 0 Å². The summed E-state index contributed by atoms with van der Waals surface area (Å²) < 4.78 is 40.8. The van der Waals surface area contributed by atoms with E-state index in [9.17, 15) is 12.8 Å². The van der Waals surface area contributed by atoms with Gasteiger partial charge in [0.25, 0.3) is 0 Å². The topological polar surface area (TPSA) is 49.4 Å². The molecule has 0 aliphatic carbocycles. The minimum atomic E-state index is -3.87. The van der Waals surface area contributed by atoms with Gasteiger partial charge in [0.05, 0.1) is 5.02 Å².